The number of ether oxygens (including phenoxy) is 1. The predicted octanol–water partition coefficient (Wildman–Crippen LogP) is 0.804. The van der Waals surface area contributed by atoms with Crippen LogP contribution < -0.4 is 5.32 Å². The second-order valence-corrected chi connectivity index (χ2v) is 5.52. The molecule has 2 rings (SSSR count). The van der Waals surface area contributed by atoms with Crippen molar-refractivity contribution in [2.24, 2.45) is 0 Å². The summed E-state index contributed by atoms with van der Waals surface area (Å²) in [6, 6.07) is 0.785. The average molecular weight is 230 g/mol. The van der Waals surface area contributed by atoms with Gasteiger partial charge in [-0.05, 0) is 24.3 Å². The monoisotopic (exact) mass is 230 g/mol. The molecule has 2 fully saturated rings. The van der Waals surface area contributed by atoms with Crippen LogP contribution in [0.2, 0.25) is 0 Å². The fraction of sp³-hybridized carbons (Fsp3) is 1.00. The zero-order chi connectivity index (χ0) is 10.3. The van der Waals surface area contributed by atoms with Gasteiger partial charge in [-0.15, -0.1) is 0 Å². The predicted molar refractivity (Wildman–Crippen MR) is 65.6 cm³/mol. The van der Waals surface area contributed by atoms with Crippen molar-refractivity contribution in [2.45, 2.75) is 18.9 Å². The van der Waals surface area contributed by atoms with Crippen molar-refractivity contribution < 1.29 is 4.74 Å². The van der Waals surface area contributed by atoms with Crippen LogP contribution in [0.4, 0.5) is 0 Å². The molecule has 2 aliphatic heterocycles. The lowest BCUT2D eigenvalue weighted by atomic mass is 10.1. The van der Waals surface area contributed by atoms with Crippen molar-refractivity contribution in [3.63, 3.8) is 0 Å². The molecule has 0 amide bonds. The Hall–Kier alpha value is 0.230. The summed E-state index contributed by atoms with van der Waals surface area (Å²) in [6.45, 7) is 6.40. The lowest BCUT2D eigenvalue weighted by Crippen LogP contribution is -2.43. The number of hydrogen-bond acceptors (Lipinski definition) is 4. The van der Waals surface area contributed by atoms with E-state index in [1.54, 1.807) is 0 Å². The molecule has 0 aromatic carbocycles. The summed E-state index contributed by atoms with van der Waals surface area (Å²) in [7, 11) is 0. The third-order valence-electron chi connectivity index (χ3n) is 3.19. The van der Waals surface area contributed by atoms with Crippen molar-refractivity contribution in [1.82, 2.24) is 10.2 Å². The van der Waals surface area contributed by atoms with Crippen LogP contribution in [0, 0.1) is 0 Å². The summed E-state index contributed by atoms with van der Waals surface area (Å²) in [5.74, 6) is 2.68. The number of morpholine rings is 1. The van der Waals surface area contributed by atoms with Gasteiger partial charge in [0.25, 0.3) is 0 Å². The zero-order valence-corrected chi connectivity index (χ0v) is 10.2. The molecule has 2 saturated heterocycles. The van der Waals surface area contributed by atoms with Gasteiger partial charge in [0.15, 0.2) is 0 Å². The van der Waals surface area contributed by atoms with Crippen molar-refractivity contribution >= 4 is 11.8 Å². The zero-order valence-electron chi connectivity index (χ0n) is 9.41. The van der Waals surface area contributed by atoms with Crippen LogP contribution in [-0.4, -0.2) is 61.8 Å². The molecule has 0 saturated carbocycles. The van der Waals surface area contributed by atoms with Gasteiger partial charge in [-0.3, -0.25) is 4.90 Å². The maximum Gasteiger partial charge on any atom is 0.0594 e. The summed E-state index contributed by atoms with van der Waals surface area (Å²) in [6.07, 6.45) is 2.71. The topological polar surface area (TPSA) is 24.5 Å². The van der Waals surface area contributed by atoms with Gasteiger partial charge in [-0.25, -0.2) is 0 Å². The third-order valence-corrected chi connectivity index (χ3v) is 4.23. The van der Waals surface area contributed by atoms with Crippen LogP contribution >= 0.6 is 11.8 Å². The molecule has 0 atom stereocenters. The van der Waals surface area contributed by atoms with Gasteiger partial charge in [0.05, 0.1) is 13.2 Å². The molecular formula is C11H22N2OS. The SMILES string of the molecule is C(CN1CCOCC1)NC1CCSCC1. The van der Waals surface area contributed by atoms with Gasteiger partial charge in [-0.1, -0.05) is 0 Å². The summed E-state index contributed by atoms with van der Waals surface area (Å²) in [4.78, 5) is 2.49. The first-order chi connectivity index (χ1) is 7.45. The van der Waals surface area contributed by atoms with Gasteiger partial charge in [0.1, 0.15) is 0 Å². The minimum absolute atomic E-state index is 0.785. The molecule has 0 aromatic heterocycles. The van der Waals surface area contributed by atoms with Crippen LogP contribution in [0.25, 0.3) is 0 Å². The van der Waals surface area contributed by atoms with E-state index in [9.17, 15) is 0 Å². The van der Waals surface area contributed by atoms with Gasteiger partial charge in [0.2, 0.25) is 0 Å². The van der Waals surface area contributed by atoms with Gasteiger partial charge >= 0.3 is 0 Å². The molecule has 0 bridgehead atoms. The molecule has 0 spiro atoms. The van der Waals surface area contributed by atoms with E-state index in [0.29, 0.717) is 0 Å². The minimum Gasteiger partial charge on any atom is -0.379 e. The Balaban J connectivity index is 1.53. The first-order valence-electron chi connectivity index (χ1n) is 6.06. The molecule has 2 heterocycles. The first kappa shape index (κ1) is 11.7. The molecule has 15 heavy (non-hydrogen) atoms. The van der Waals surface area contributed by atoms with Crippen molar-refractivity contribution in [1.29, 1.82) is 0 Å². The number of thioether (sulfide) groups is 1. The molecule has 0 aliphatic carbocycles. The van der Waals surface area contributed by atoms with Gasteiger partial charge in [0, 0.05) is 32.2 Å². The Labute approximate surface area is 96.9 Å². The second-order valence-electron chi connectivity index (χ2n) is 4.29. The highest BCUT2D eigenvalue weighted by Crippen LogP contribution is 2.16. The Kier molecular flexibility index (Phi) is 5.26. The normalized spacial score (nSPS) is 25.6. The number of nitrogens with zero attached hydrogens (tertiary/aromatic N) is 1. The summed E-state index contributed by atoms with van der Waals surface area (Å²) >= 11 is 2.09. The van der Waals surface area contributed by atoms with E-state index in [1.807, 2.05) is 0 Å². The quantitative estimate of drug-likeness (QED) is 0.772. The summed E-state index contributed by atoms with van der Waals surface area (Å²) in [5.41, 5.74) is 0. The Bertz CT molecular complexity index is 150. The van der Waals surface area contributed by atoms with E-state index in [-0.39, 0.29) is 0 Å². The van der Waals surface area contributed by atoms with Gasteiger partial charge in [-0.2, -0.15) is 11.8 Å². The summed E-state index contributed by atoms with van der Waals surface area (Å²) < 4.78 is 5.33. The lowest BCUT2D eigenvalue weighted by molar-refractivity contribution is 0.0381. The van der Waals surface area contributed by atoms with Crippen LogP contribution in [-0.2, 0) is 4.74 Å². The van der Waals surface area contributed by atoms with E-state index >= 15 is 0 Å². The molecule has 0 unspecified atom stereocenters. The fourth-order valence-corrected chi connectivity index (χ4v) is 3.26. The molecular weight excluding hydrogens is 208 g/mol. The van der Waals surface area contributed by atoms with Crippen LogP contribution in [0.5, 0.6) is 0 Å². The van der Waals surface area contributed by atoms with E-state index in [2.05, 4.69) is 22.0 Å². The number of nitrogens with one attached hydrogen (secondary N) is 1. The van der Waals surface area contributed by atoms with Gasteiger partial charge < -0.3 is 10.1 Å². The first-order valence-corrected chi connectivity index (χ1v) is 7.22. The summed E-state index contributed by atoms with van der Waals surface area (Å²) in [5, 5.41) is 3.67. The molecule has 2 aliphatic rings. The van der Waals surface area contributed by atoms with Crippen molar-refractivity contribution in [3.05, 3.63) is 0 Å². The van der Waals surface area contributed by atoms with Crippen molar-refractivity contribution in [2.75, 3.05) is 50.9 Å². The van der Waals surface area contributed by atoms with E-state index < -0.39 is 0 Å². The smallest absolute Gasteiger partial charge is 0.0594 e. The lowest BCUT2D eigenvalue weighted by Gasteiger charge is -2.28. The maximum atomic E-state index is 5.33. The molecule has 0 radical (unpaired) electrons. The minimum atomic E-state index is 0.785. The second kappa shape index (κ2) is 6.74. The Morgan fingerprint density at radius 1 is 1.20 bits per heavy atom. The number of hydrogen-bond donors (Lipinski definition) is 1. The number of rotatable bonds is 4. The fourth-order valence-electron chi connectivity index (χ4n) is 2.15. The molecule has 4 heteroatoms. The molecule has 88 valence electrons. The average Bonchev–Trinajstić information content (AvgIpc) is 2.32. The third kappa shape index (κ3) is 4.31. The van der Waals surface area contributed by atoms with Crippen LogP contribution in [0.15, 0.2) is 0 Å². The standard InChI is InChI=1S/C11H22N2OS/c1-9-15-10-2-11(1)12-3-4-13-5-7-14-8-6-13/h11-12H,1-10H2. The maximum absolute atomic E-state index is 5.33. The molecule has 0 aromatic rings. The Morgan fingerprint density at radius 3 is 2.67 bits per heavy atom. The van der Waals surface area contributed by atoms with E-state index in [4.69, 9.17) is 4.74 Å². The van der Waals surface area contributed by atoms with Crippen molar-refractivity contribution in [3.8, 4) is 0 Å². The molecule has 3 nitrogen and oxygen atoms in total. The largest absolute Gasteiger partial charge is 0.379 e. The van der Waals surface area contributed by atoms with E-state index in [0.717, 1.165) is 38.9 Å². The van der Waals surface area contributed by atoms with Crippen LogP contribution in [0.3, 0.4) is 0 Å². The highest BCUT2D eigenvalue weighted by atomic mass is 32.2. The Morgan fingerprint density at radius 2 is 1.93 bits per heavy atom. The molecule has 1 N–H and O–H groups in total. The highest BCUT2D eigenvalue weighted by Gasteiger charge is 2.14. The van der Waals surface area contributed by atoms with Crippen LogP contribution in [0.1, 0.15) is 12.8 Å². The van der Waals surface area contributed by atoms with E-state index in [1.165, 1.54) is 30.9 Å². The highest BCUT2D eigenvalue weighted by molar-refractivity contribution is 7.99.